The Bertz CT molecular complexity index is 738. The lowest BCUT2D eigenvalue weighted by Gasteiger charge is -2.39. The monoisotopic (exact) mass is 309 g/mol. The Morgan fingerprint density at radius 3 is 2.48 bits per heavy atom. The molecule has 23 heavy (non-hydrogen) atoms. The summed E-state index contributed by atoms with van der Waals surface area (Å²) in [4.78, 5) is 25.4. The van der Waals surface area contributed by atoms with E-state index in [0.29, 0.717) is 5.57 Å². The van der Waals surface area contributed by atoms with E-state index in [1.54, 1.807) is 6.92 Å². The highest BCUT2D eigenvalue weighted by atomic mass is 16.1. The number of dihydropyridines is 1. The van der Waals surface area contributed by atoms with Crippen LogP contribution in [0, 0.1) is 5.41 Å². The van der Waals surface area contributed by atoms with Crippen molar-refractivity contribution in [1.29, 1.82) is 0 Å². The molecule has 1 atom stereocenters. The normalized spacial score (nSPS) is 23.5. The zero-order chi connectivity index (χ0) is 16.8. The van der Waals surface area contributed by atoms with Gasteiger partial charge in [0, 0.05) is 33.9 Å². The van der Waals surface area contributed by atoms with Crippen molar-refractivity contribution in [2.45, 2.75) is 46.5 Å². The molecule has 0 amide bonds. The van der Waals surface area contributed by atoms with Gasteiger partial charge in [-0.25, -0.2) is 0 Å². The molecule has 1 aliphatic carbocycles. The number of carbonyl (C=O) groups excluding carboxylic acids is 2. The van der Waals surface area contributed by atoms with Crippen molar-refractivity contribution in [3.8, 4) is 0 Å². The van der Waals surface area contributed by atoms with Crippen molar-refractivity contribution in [2.75, 3.05) is 0 Å². The number of hydrogen-bond donors (Lipinski definition) is 1. The van der Waals surface area contributed by atoms with E-state index in [9.17, 15) is 9.59 Å². The van der Waals surface area contributed by atoms with Crippen molar-refractivity contribution in [3.05, 3.63) is 58.4 Å². The first-order chi connectivity index (χ1) is 10.8. The predicted molar refractivity (Wildman–Crippen MR) is 90.7 cm³/mol. The molecule has 120 valence electrons. The van der Waals surface area contributed by atoms with Crippen LogP contribution in [-0.2, 0) is 9.59 Å². The highest BCUT2D eigenvalue weighted by Crippen LogP contribution is 2.46. The third-order valence-electron chi connectivity index (χ3n) is 5.02. The maximum atomic E-state index is 13.1. The molecule has 1 heterocycles. The first kappa shape index (κ1) is 15.7. The van der Waals surface area contributed by atoms with Gasteiger partial charge in [0.05, 0.1) is 0 Å². The van der Waals surface area contributed by atoms with Crippen LogP contribution in [0.15, 0.2) is 52.9 Å². The average molecular weight is 309 g/mol. The van der Waals surface area contributed by atoms with E-state index in [-0.39, 0.29) is 22.9 Å². The van der Waals surface area contributed by atoms with E-state index in [1.165, 1.54) is 0 Å². The lowest BCUT2D eigenvalue weighted by Crippen LogP contribution is -2.40. The molecule has 3 rings (SSSR count). The summed E-state index contributed by atoms with van der Waals surface area (Å²) in [6.07, 6.45) is 1.68. The van der Waals surface area contributed by atoms with Gasteiger partial charge >= 0.3 is 0 Å². The highest BCUT2D eigenvalue weighted by Gasteiger charge is 2.43. The van der Waals surface area contributed by atoms with Crippen LogP contribution in [0.1, 0.15) is 52.0 Å². The number of benzene rings is 1. The molecule has 3 heteroatoms. The van der Waals surface area contributed by atoms with Gasteiger partial charge in [0.25, 0.3) is 0 Å². The van der Waals surface area contributed by atoms with E-state index < -0.39 is 0 Å². The van der Waals surface area contributed by atoms with Gasteiger partial charge in [0.15, 0.2) is 11.6 Å². The topological polar surface area (TPSA) is 46.2 Å². The third kappa shape index (κ3) is 2.54. The second kappa shape index (κ2) is 5.48. The minimum absolute atomic E-state index is 0.0200. The Morgan fingerprint density at radius 2 is 1.87 bits per heavy atom. The molecule has 2 aliphatic rings. The first-order valence-electron chi connectivity index (χ1n) is 8.14. The lowest BCUT2D eigenvalue weighted by atomic mass is 9.67. The Balaban J connectivity index is 2.22. The van der Waals surface area contributed by atoms with Crippen molar-refractivity contribution in [3.63, 3.8) is 0 Å². The lowest BCUT2D eigenvalue weighted by molar-refractivity contribution is -0.124. The van der Waals surface area contributed by atoms with E-state index in [1.807, 2.05) is 51.1 Å². The second-order valence-electron chi connectivity index (χ2n) is 7.17. The summed E-state index contributed by atoms with van der Waals surface area (Å²) in [5, 5.41) is 3.34. The summed E-state index contributed by atoms with van der Waals surface area (Å²) in [7, 11) is 0. The molecular formula is C20H23NO2. The zero-order valence-corrected chi connectivity index (χ0v) is 14.2. The number of allylic oxidation sites excluding steroid dienone is 4. The molecule has 0 fully saturated rings. The van der Waals surface area contributed by atoms with Crippen LogP contribution in [0.4, 0.5) is 0 Å². The zero-order valence-electron chi connectivity index (χ0n) is 14.2. The smallest absolute Gasteiger partial charge is 0.167 e. The Labute approximate surface area is 137 Å². The SMILES string of the molecule is CC(=O)C1=C(C)NC2=C(C(=O)C(C)(C)CC2)C1c1ccccc1. The number of hydrogen-bond acceptors (Lipinski definition) is 3. The van der Waals surface area contributed by atoms with Crippen molar-refractivity contribution < 1.29 is 9.59 Å². The van der Waals surface area contributed by atoms with Crippen LogP contribution in [0.2, 0.25) is 0 Å². The van der Waals surface area contributed by atoms with Gasteiger partial charge < -0.3 is 5.32 Å². The van der Waals surface area contributed by atoms with Crippen molar-refractivity contribution in [2.24, 2.45) is 5.41 Å². The fourth-order valence-electron chi connectivity index (χ4n) is 3.72. The summed E-state index contributed by atoms with van der Waals surface area (Å²) >= 11 is 0. The number of ketones is 2. The summed E-state index contributed by atoms with van der Waals surface area (Å²) in [5.74, 6) is -0.0741. The van der Waals surface area contributed by atoms with E-state index in [0.717, 1.165) is 35.4 Å². The van der Waals surface area contributed by atoms with Gasteiger partial charge in [-0.05, 0) is 32.3 Å². The molecule has 0 radical (unpaired) electrons. The maximum Gasteiger partial charge on any atom is 0.167 e. The molecule has 0 saturated heterocycles. The average Bonchev–Trinajstić information content (AvgIpc) is 2.51. The molecule has 1 aromatic carbocycles. The highest BCUT2D eigenvalue weighted by molar-refractivity contribution is 6.07. The van der Waals surface area contributed by atoms with Crippen molar-refractivity contribution >= 4 is 11.6 Å². The van der Waals surface area contributed by atoms with E-state index in [2.05, 4.69) is 5.32 Å². The fraction of sp³-hybridized carbons (Fsp3) is 0.400. The molecule has 0 aromatic heterocycles. The largest absolute Gasteiger partial charge is 0.362 e. The molecule has 0 spiro atoms. The fourth-order valence-corrected chi connectivity index (χ4v) is 3.72. The molecule has 0 bridgehead atoms. The van der Waals surface area contributed by atoms with E-state index in [4.69, 9.17) is 0 Å². The van der Waals surface area contributed by atoms with Gasteiger partial charge in [-0.2, -0.15) is 0 Å². The van der Waals surface area contributed by atoms with Gasteiger partial charge in [-0.3, -0.25) is 9.59 Å². The van der Waals surface area contributed by atoms with Gasteiger partial charge in [-0.15, -0.1) is 0 Å². The maximum absolute atomic E-state index is 13.1. The van der Waals surface area contributed by atoms with Crippen LogP contribution < -0.4 is 5.32 Å². The molecule has 0 saturated carbocycles. The van der Waals surface area contributed by atoms with Crippen LogP contribution in [-0.4, -0.2) is 11.6 Å². The second-order valence-corrected chi connectivity index (χ2v) is 7.17. The number of carbonyl (C=O) groups is 2. The Hall–Kier alpha value is -2.16. The summed E-state index contributed by atoms with van der Waals surface area (Å²) in [5.41, 5.74) is 3.99. The van der Waals surface area contributed by atoms with Crippen molar-refractivity contribution in [1.82, 2.24) is 5.32 Å². The van der Waals surface area contributed by atoms with Crippen LogP contribution >= 0.6 is 0 Å². The quantitative estimate of drug-likeness (QED) is 0.902. The molecule has 1 N–H and O–H groups in total. The van der Waals surface area contributed by atoms with Gasteiger partial charge in [0.1, 0.15) is 0 Å². The number of nitrogens with one attached hydrogen (secondary N) is 1. The van der Waals surface area contributed by atoms with Gasteiger partial charge in [-0.1, -0.05) is 44.2 Å². The Kier molecular flexibility index (Phi) is 3.75. The van der Waals surface area contributed by atoms with E-state index >= 15 is 0 Å². The van der Waals surface area contributed by atoms with Crippen LogP contribution in [0.5, 0.6) is 0 Å². The third-order valence-corrected chi connectivity index (χ3v) is 5.02. The molecule has 1 aromatic rings. The van der Waals surface area contributed by atoms with Gasteiger partial charge in [0.2, 0.25) is 0 Å². The van der Waals surface area contributed by atoms with Crippen LogP contribution in [0.3, 0.4) is 0 Å². The minimum atomic E-state index is -0.374. The predicted octanol–water partition coefficient (Wildman–Crippen LogP) is 3.88. The molecule has 1 unspecified atom stereocenters. The number of rotatable bonds is 2. The summed E-state index contributed by atoms with van der Waals surface area (Å²) in [6.45, 7) is 7.51. The van der Waals surface area contributed by atoms with Crippen LogP contribution in [0.25, 0.3) is 0 Å². The summed E-state index contributed by atoms with van der Waals surface area (Å²) < 4.78 is 0. The minimum Gasteiger partial charge on any atom is -0.362 e. The number of Topliss-reactive ketones (excluding diaryl/α,β-unsaturated/α-hetero) is 2. The Morgan fingerprint density at radius 1 is 1.22 bits per heavy atom. The molecule has 1 aliphatic heterocycles. The summed E-state index contributed by atoms with van der Waals surface area (Å²) in [6, 6.07) is 9.89. The first-order valence-corrected chi connectivity index (χ1v) is 8.14. The molecule has 3 nitrogen and oxygen atoms in total. The standard InChI is InChI=1S/C20H23NO2/c1-12-16(13(2)22)17(14-8-6-5-7-9-14)18-15(21-12)10-11-20(3,4)19(18)23/h5-9,17,21H,10-11H2,1-4H3. The molecular weight excluding hydrogens is 286 g/mol.